The average Bonchev–Trinajstić information content (AvgIpc) is 2.51. The number of carbonyl (C=O) groups excluding carboxylic acids is 1. The topological polar surface area (TPSA) is 135 Å². The highest BCUT2D eigenvalue weighted by Gasteiger charge is 2.18. The standard InChI is InChI=1S/C17H22N2O5/c1-10-8-15(21)24-16-11(10)5-6-14(20)12(16)9-19-13(17(22)23)4-2-3-7-18/h5-6,8,13,19-20H,2-4,7,9,18H2,1H3,(H,22,23)/p+1/t13-/m1/s1. The van der Waals surface area contributed by atoms with E-state index in [4.69, 9.17) is 4.42 Å². The summed E-state index contributed by atoms with van der Waals surface area (Å²) in [6, 6.07) is 3.87. The molecule has 0 saturated carbocycles. The maximum Gasteiger partial charge on any atom is 0.336 e. The van der Waals surface area contributed by atoms with Gasteiger partial charge in [-0.2, -0.15) is 0 Å². The predicted octanol–water partition coefficient (Wildman–Crippen LogP) is -1.60. The number of aryl methyl sites for hydroxylation is 1. The van der Waals surface area contributed by atoms with Crippen LogP contribution in [-0.2, 0) is 11.3 Å². The highest BCUT2D eigenvalue weighted by Crippen LogP contribution is 2.27. The molecule has 0 aliphatic rings. The lowest BCUT2D eigenvalue weighted by Crippen LogP contribution is -2.91. The molecule has 7 heteroatoms. The van der Waals surface area contributed by atoms with E-state index in [9.17, 15) is 19.8 Å². The number of aliphatic carboxylic acids is 1. The Labute approximate surface area is 139 Å². The van der Waals surface area contributed by atoms with E-state index in [-0.39, 0.29) is 12.3 Å². The van der Waals surface area contributed by atoms with Gasteiger partial charge in [0.25, 0.3) is 0 Å². The van der Waals surface area contributed by atoms with Crippen molar-refractivity contribution in [1.82, 2.24) is 0 Å². The molecule has 0 saturated heterocycles. The Morgan fingerprint density at radius 1 is 1.42 bits per heavy atom. The van der Waals surface area contributed by atoms with Crippen molar-refractivity contribution < 1.29 is 30.5 Å². The van der Waals surface area contributed by atoms with Gasteiger partial charge in [-0.3, -0.25) is 0 Å². The second kappa shape index (κ2) is 7.94. The molecular weight excluding hydrogens is 312 g/mol. The number of unbranched alkanes of at least 4 members (excludes halogenated alkanes) is 1. The number of rotatable bonds is 8. The van der Waals surface area contributed by atoms with Crippen LogP contribution < -0.4 is 21.8 Å². The van der Waals surface area contributed by atoms with Crippen LogP contribution in [0, 0.1) is 6.92 Å². The Morgan fingerprint density at radius 2 is 2.17 bits per heavy atom. The third-order valence-electron chi connectivity index (χ3n) is 4.12. The fourth-order valence-electron chi connectivity index (χ4n) is 2.76. The number of hydrogen-bond donors (Lipinski definition) is 3. The van der Waals surface area contributed by atoms with Crippen LogP contribution in [0.2, 0.25) is 0 Å². The lowest BCUT2D eigenvalue weighted by atomic mass is 10.0. The van der Waals surface area contributed by atoms with E-state index in [2.05, 4.69) is 5.73 Å². The number of nitrogens with two attached hydrogens (primary N) is 1. The molecule has 1 atom stereocenters. The van der Waals surface area contributed by atoms with Crippen LogP contribution in [-0.4, -0.2) is 23.7 Å². The Morgan fingerprint density at radius 3 is 2.83 bits per heavy atom. The maximum atomic E-state index is 11.6. The number of carboxylic acids is 1. The highest BCUT2D eigenvalue weighted by atomic mass is 16.4. The summed E-state index contributed by atoms with van der Waals surface area (Å²) >= 11 is 0. The monoisotopic (exact) mass is 335 g/mol. The number of fused-ring (bicyclic) bond motifs is 1. The zero-order chi connectivity index (χ0) is 17.7. The van der Waals surface area contributed by atoms with Crippen LogP contribution in [0.3, 0.4) is 0 Å². The molecule has 0 bridgehead atoms. The van der Waals surface area contributed by atoms with Gasteiger partial charge in [-0.1, -0.05) is 0 Å². The van der Waals surface area contributed by atoms with Gasteiger partial charge >= 0.3 is 5.63 Å². The summed E-state index contributed by atoms with van der Waals surface area (Å²) in [5.41, 5.74) is 4.69. The van der Waals surface area contributed by atoms with Crippen molar-refractivity contribution in [3.63, 3.8) is 0 Å². The van der Waals surface area contributed by atoms with E-state index < -0.39 is 17.6 Å². The van der Waals surface area contributed by atoms with Gasteiger partial charge in [0.2, 0.25) is 0 Å². The quantitative estimate of drug-likeness (QED) is 0.394. The van der Waals surface area contributed by atoms with Gasteiger partial charge in [-0.05, 0) is 37.5 Å². The van der Waals surface area contributed by atoms with Gasteiger partial charge in [0.15, 0.2) is 5.58 Å². The average molecular weight is 335 g/mol. The molecule has 1 heterocycles. The number of hydrogen-bond acceptors (Lipinski definition) is 5. The van der Waals surface area contributed by atoms with Crippen molar-refractivity contribution in [1.29, 1.82) is 0 Å². The number of carboxylic acid groups (broad SMARTS) is 1. The van der Waals surface area contributed by atoms with E-state index in [0.29, 0.717) is 17.6 Å². The summed E-state index contributed by atoms with van der Waals surface area (Å²) in [5.74, 6) is -1.17. The first-order valence-corrected chi connectivity index (χ1v) is 8.02. The molecule has 130 valence electrons. The Bertz CT molecular complexity index is 784. The van der Waals surface area contributed by atoms with Crippen LogP contribution in [0.5, 0.6) is 5.75 Å². The van der Waals surface area contributed by atoms with Gasteiger partial charge in [-0.15, -0.1) is 0 Å². The second-order valence-electron chi connectivity index (χ2n) is 5.90. The molecule has 0 radical (unpaired) electrons. The third kappa shape index (κ3) is 4.12. The van der Waals surface area contributed by atoms with E-state index in [0.717, 1.165) is 30.3 Å². The molecule has 0 aliphatic carbocycles. The summed E-state index contributed by atoms with van der Waals surface area (Å²) in [6.45, 7) is 2.72. The smallest absolute Gasteiger partial charge is 0.336 e. The van der Waals surface area contributed by atoms with Crippen molar-refractivity contribution in [3.05, 3.63) is 39.7 Å². The van der Waals surface area contributed by atoms with Crippen molar-refractivity contribution in [3.8, 4) is 5.75 Å². The fourth-order valence-corrected chi connectivity index (χ4v) is 2.76. The predicted molar refractivity (Wildman–Crippen MR) is 84.9 cm³/mol. The first kappa shape index (κ1) is 18.0. The molecule has 1 aromatic carbocycles. The van der Waals surface area contributed by atoms with Crippen LogP contribution in [0.15, 0.2) is 27.4 Å². The third-order valence-corrected chi connectivity index (χ3v) is 4.12. The first-order chi connectivity index (χ1) is 11.4. The number of quaternary nitrogens is 2. The Kier molecular flexibility index (Phi) is 5.94. The molecule has 6 N–H and O–H groups in total. The van der Waals surface area contributed by atoms with Crippen molar-refractivity contribution in [2.24, 2.45) is 0 Å². The molecule has 2 aromatic rings. The lowest BCUT2D eigenvalue weighted by Gasteiger charge is -2.17. The Balaban J connectivity index is 2.26. The maximum absolute atomic E-state index is 11.6. The van der Waals surface area contributed by atoms with Crippen LogP contribution >= 0.6 is 0 Å². The molecule has 1 aromatic heterocycles. The zero-order valence-electron chi connectivity index (χ0n) is 13.7. The second-order valence-corrected chi connectivity index (χ2v) is 5.90. The van der Waals surface area contributed by atoms with Gasteiger partial charge in [0.05, 0.1) is 18.1 Å². The number of phenols is 1. The molecule has 0 unspecified atom stereocenters. The van der Waals surface area contributed by atoms with Crippen LogP contribution in [0.4, 0.5) is 0 Å². The van der Waals surface area contributed by atoms with E-state index in [1.807, 2.05) is 0 Å². The van der Waals surface area contributed by atoms with Gasteiger partial charge in [0.1, 0.15) is 18.3 Å². The number of aromatic hydroxyl groups is 1. The fraction of sp³-hybridized carbons (Fsp3) is 0.412. The van der Waals surface area contributed by atoms with Crippen molar-refractivity contribution >= 4 is 16.9 Å². The molecule has 2 rings (SSSR count). The van der Waals surface area contributed by atoms with Crippen molar-refractivity contribution in [2.45, 2.75) is 38.8 Å². The largest absolute Gasteiger partial charge is 0.544 e. The summed E-state index contributed by atoms with van der Waals surface area (Å²) in [7, 11) is 0. The summed E-state index contributed by atoms with van der Waals surface area (Å²) in [5, 5.41) is 23.7. The highest BCUT2D eigenvalue weighted by molar-refractivity contribution is 5.84. The molecular formula is C17H23N2O5+. The minimum Gasteiger partial charge on any atom is -0.544 e. The number of carbonyl (C=O) groups is 1. The Hall–Kier alpha value is -2.38. The molecule has 0 spiro atoms. The van der Waals surface area contributed by atoms with Gasteiger partial charge < -0.3 is 30.5 Å². The van der Waals surface area contributed by atoms with Crippen molar-refractivity contribution in [2.75, 3.05) is 6.54 Å². The zero-order valence-corrected chi connectivity index (χ0v) is 13.7. The molecule has 7 nitrogen and oxygen atoms in total. The molecule has 0 amide bonds. The minimum atomic E-state index is -1.14. The SMILES string of the molecule is Cc1cc(=O)oc2c(C[NH2+][C@H](CCCC[NH3+])C(=O)[O-])c(O)ccc12. The summed E-state index contributed by atoms with van der Waals surface area (Å²) in [6.07, 6.45) is 2.06. The molecule has 24 heavy (non-hydrogen) atoms. The van der Waals surface area contributed by atoms with E-state index in [1.54, 1.807) is 18.3 Å². The molecule has 0 fully saturated rings. The first-order valence-electron chi connectivity index (χ1n) is 8.02. The number of phenolic OH excluding ortho intramolecular Hbond substituents is 1. The normalized spacial score (nSPS) is 12.4. The number of benzene rings is 1. The minimum absolute atomic E-state index is 0.0256. The summed E-state index contributed by atoms with van der Waals surface area (Å²) in [4.78, 5) is 22.9. The molecule has 0 aliphatic heterocycles. The van der Waals surface area contributed by atoms with E-state index in [1.165, 1.54) is 12.1 Å². The summed E-state index contributed by atoms with van der Waals surface area (Å²) < 4.78 is 5.24. The van der Waals surface area contributed by atoms with Gasteiger partial charge in [-0.25, -0.2) is 4.79 Å². The van der Waals surface area contributed by atoms with E-state index >= 15 is 0 Å². The van der Waals surface area contributed by atoms with Crippen LogP contribution in [0.1, 0.15) is 30.4 Å². The van der Waals surface area contributed by atoms with Gasteiger partial charge in [0, 0.05) is 17.9 Å². The van der Waals surface area contributed by atoms with Crippen LogP contribution in [0.25, 0.3) is 11.0 Å². The lowest BCUT2D eigenvalue weighted by molar-refractivity contribution is -0.698.